The summed E-state index contributed by atoms with van der Waals surface area (Å²) in [6, 6.07) is 2.64. The van der Waals surface area contributed by atoms with Crippen LogP contribution in [0.5, 0.6) is 11.5 Å². The second-order valence-electron chi connectivity index (χ2n) is 2.06. The summed E-state index contributed by atoms with van der Waals surface area (Å²) in [6.07, 6.45) is 0. The van der Waals surface area contributed by atoms with Gasteiger partial charge >= 0.3 is 0 Å². The van der Waals surface area contributed by atoms with E-state index in [9.17, 15) is 4.39 Å². The Morgan fingerprint density at radius 3 is 2.08 bits per heavy atom. The lowest BCUT2D eigenvalue weighted by Gasteiger charge is -1.99. The van der Waals surface area contributed by atoms with Gasteiger partial charge in [0, 0.05) is 0 Å². The van der Waals surface area contributed by atoms with E-state index in [1.165, 1.54) is 19.1 Å². The van der Waals surface area contributed by atoms with Crippen molar-refractivity contribution in [2.75, 3.05) is 0 Å². The van der Waals surface area contributed by atoms with E-state index in [1.807, 2.05) is 13.8 Å². The second kappa shape index (κ2) is 4.59. The number of halogens is 1. The van der Waals surface area contributed by atoms with Gasteiger partial charge in [0.2, 0.25) is 0 Å². The summed E-state index contributed by atoms with van der Waals surface area (Å²) in [5.41, 5.74) is 0.315. The van der Waals surface area contributed by atoms with Crippen molar-refractivity contribution < 1.29 is 14.6 Å². The van der Waals surface area contributed by atoms with E-state index < -0.39 is 17.3 Å². The van der Waals surface area contributed by atoms with E-state index in [-0.39, 0.29) is 0 Å². The van der Waals surface area contributed by atoms with Crippen LogP contribution in [0.25, 0.3) is 0 Å². The Bertz CT molecular complexity index is 232. The summed E-state index contributed by atoms with van der Waals surface area (Å²) in [5, 5.41) is 17.5. The van der Waals surface area contributed by atoms with Crippen LogP contribution in [0, 0.1) is 12.7 Å². The maximum absolute atomic E-state index is 12.6. The van der Waals surface area contributed by atoms with Gasteiger partial charge in [0.25, 0.3) is 0 Å². The summed E-state index contributed by atoms with van der Waals surface area (Å²) in [6.45, 7) is 5.51. The molecule has 12 heavy (non-hydrogen) atoms. The maximum atomic E-state index is 12.6. The van der Waals surface area contributed by atoms with Gasteiger partial charge in [0.15, 0.2) is 17.3 Å². The van der Waals surface area contributed by atoms with Crippen molar-refractivity contribution >= 4 is 0 Å². The van der Waals surface area contributed by atoms with Crippen LogP contribution in [0.15, 0.2) is 12.1 Å². The fourth-order valence-corrected chi connectivity index (χ4v) is 0.655. The highest BCUT2D eigenvalue weighted by atomic mass is 19.1. The molecule has 68 valence electrons. The van der Waals surface area contributed by atoms with Crippen molar-refractivity contribution in [3.8, 4) is 11.5 Å². The largest absolute Gasteiger partial charge is 0.504 e. The zero-order valence-corrected chi connectivity index (χ0v) is 7.43. The fourth-order valence-electron chi connectivity index (χ4n) is 0.655. The quantitative estimate of drug-likeness (QED) is 0.590. The van der Waals surface area contributed by atoms with E-state index in [2.05, 4.69) is 0 Å². The van der Waals surface area contributed by atoms with Crippen LogP contribution >= 0.6 is 0 Å². The predicted molar refractivity (Wildman–Crippen MR) is 45.8 cm³/mol. The topological polar surface area (TPSA) is 40.5 Å². The average molecular weight is 172 g/mol. The molecule has 0 spiro atoms. The molecule has 0 saturated heterocycles. The zero-order chi connectivity index (χ0) is 9.72. The van der Waals surface area contributed by atoms with E-state index in [0.717, 1.165) is 0 Å². The molecule has 0 amide bonds. The molecule has 0 aromatic heterocycles. The van der Waals surface area contributed by atoms with Crippen LogP contribution in [0.3, 0.4) is 0 Å². The number of phenolic OH excluding ortho intramolecular Hbond substituents is 2. The highest BCUT2D eigenvalue weighted by molar-refractivity contribution is 5.41. The Labute approximate surface area is 71.3 Å². The smallest absolute Gasteiger partial charge is 0.194 e. The van der Waals surface area contributed by atoms with Gasteiger partial charge in [0.1, 0.15) is 0 Å². The van der Waals surface area contributed by atoms with Gasteiger partial charge in [-0.15, -0.1) is 0 Å². The van der Waals surface area contributed by atoms with Crippen LogP contribution < -0.4 is 0 Å². The Morgan fingerprint density at radius 2 is 1.67 bits per heavy atom. The minimum absolute atomic E-state index is 0.315. The first-order valence-electron chi connectivity index (χ1n) is 3.80. The molecule has 0 unspecified atom stereocenters. The van der Waals surface area contributed by atoms with E-state index in [4.69, 9.17) is 10.2 Å². The lowest BCUT2D eigenvalue weighted by Crippen LogP contribution is -1.81. The highest BCUT2D eigenvalue weighted by Gasteiger charge is 2.07. The molecule has 0 heterocycles. The van der Waals surface area contributed by atoms with Crippen molar-refractivity contribution in [2.45, 2.75) is 20.8 Å². The van der Waals surface area contributed by atoms with E-state index in [0.29, 0.717) is 5.56 Å². The van der Waals surface area contributed by atoms with Crippen LogP contribution in [0.1, 0.15) is 19.4 Å². The second-order valence-corrected chi connectivity index (χ2v) is 2.06. The summed E-state index contributed by atoms with van der Waals surface area (Å²) in [7, 11) is 0. The molecule has 3 heteroatoms. The Morgan fingerprint density at radius 1 is 1.17 bits per heavy atom. The molecule has 0 saturated carbocycles. The fraction of sp³-hybridized carbons (Fsp3) is 0.333. The molecule has 2 nitrogen and oxygen atoms in total. The molecular weight excluding hydrogens is 159 g/mol. The minimum Gasteiger partial charge on any atom is -0.504 e. The first-order chi connectivity index (χ1) is 5.63. The molecule has 0 aliphatic heterocycles. The Kier molecular flexibility index (Phi) is 4.11. The van der Waals surface area contributed by atoms with Crippen LogP contribution in [0.4, 0.5) is 4.39 Å². The zero-order valence-electron chi connectivity index (χ0n) is 7.43. The van der Waals surface area contributed by atoms with Crippen molar-refractivity contribution in [1.29, 1.82) is 0 Å². The molecule has 0 radical (unpaired) electrons. The maximum Gasteiger partial charge on any atom is 0.194 e. The molecule has 0 aliphatic rings. The SMILES string of the molecule is CC.Cc1ccc(O)c(O)c1F. The minimum atomic E-state index is -0.764. The number of benzene rings is 1. The van der Waals surface area contributed by atoms with Crippen LogP contribution in [-0.2, 0) is 0 Å². The highest BCUT2D eigenvalue weighted by Crippen LogP contribution is 2.28. The predicted octanol–water partition coefficient (Wildman–Crippen LogP) is 2.57. The summed E-state index contributed by atoms with van der Waals surface area (Å²) >= 11 is 0. The third-order valence-electron chi connectivity index (χ3n) is 1.29. The van der Waals surface area contributed by atoms with Gasteiger partial charge in [-0.25, -0.2) is 4.39 Å². The molecule has 1 rings (SSSR count). The molecule has 0 fully saturated rings. The van der Waals surface area contributed by atoms with E-state index >= 15 is 0 Å². The summed E-state index contributed by atoms with van der Waals surface area (Å²) < 4.78 is 12.6. The number of hydrogen-bond acceptors (Lipinski definition) is 2. The van der Waals surface area contributed by atoms with Gasteiger partial charge in [-0.3, -0.25) is 0 Å². The monoisotopic (exact) mass is 172 g/mol. The number of phenols is 2. The summed E-state index contributed by atoms with van der Waals surface area (Å²) in [4.78, 5) is 0. The standard InChI is InChI=1S/C7H7FO2.C2H6/c1-4-2-3-5(9)7(10)6(4)8;1-2/h2-3,9-10H,1H3;1-2H3. The van der Waals surface area contributed by atoms with Gasteiger partial charge < -0.3 is 10.2 Å². The third kappa shape index (κ3) is 2.12. The van der Waals surface area contributed by atoms with Crippen LogP contribution in [0.2, 0.25) is 0 Å². The molecule has 0 bridgehead atoms. The first-order valence-corrected chi connectivity index (χ1v) is 3.80. The van der Waals surface area contributed by atoms with Gasteiger partial charge in [-0.05, 0) is 18.6 Å². The van der Waals surface area contributed by atoms with Crippen molar-refractivity contribution in [1.82, 2.24) is 0 Å². The Hall–Kier alpha value is -1.25. The van der Waals surface area contributed by atoms with Crippen molar-refractivity contribution in [3.05, 3.63) is 23.5 Å². The molecule has 1 aromatic carbocycles. The number of aromatic hydroxyl groups is 2. The van der Waals surface area contributed by atoms with Crippen molar-refractivity contribution in [2.24, 2.45) is 0 Å². The molecule has 0 aliphatic carbocycles. The number of hydrogen-bond donors (Lipinski definition) is 2. The normalized spacial score (nSPS) is 8.67. The third-order valence-corrected chi connectivity index (χ3v) is 1.29. The van der Waals surface area contributed by atoms with Crippen LogP contribution in [-0.4, -0.2) is 10.2 Å². The first kappa shape index (κ1) is 10.8. The van der Waals surface area contributed by atoms with Gasteiger partial charge in [-0.1, -0.05) is 19.9 Å². The molecule has 0 atom stereocenters. The number of aryl methyl sites for hydroxylation is 1. The Balaban J connectivity index is 0.000000561. The molecule has 2 N–H and O–H groups in total. The molecular formula is C9H13FO2. The number of rotatable bonds is 0. The van der Waals surface area contributed by atoms with Gasteiger partial charge in [0.05, 0.1) is 0 Å². The summed E-state index contributed by atoms with van der Waals surface area (Å²) in [5.74, 6) is -1.87. The average Bonchev–Trinajstić information content (AvgIpc) is 2.12. The van der Waals surface area contributed by atoms with Crippen molar-refractivity contribution in [3.63, 3.8) is 0 Å². The molecule has 1 aromatic rings. The van der Waals surface area contributed by atoms with E-state index in [1.54, 1.807) is 0 Å². The lowest BCUT2D eigenvalue weighted by molar-refractivity contribution is 0.377. The van der Waals surface area contributed by atoms with Gasteiger partial charge in [-0.2, -0.15) is 0 Å². The lowest BCUT2D eigenvalue weighted by atomic mass is 10.2.